The second-order valence-electron chi connectivity index (χ2n) is 9.14. The molecule has 0 saturated carbocycles. The molecule has 0 bridgehead atoms. The first-order valence-electron chi connectivity index (χ1n) is 11.2. The van der Waals surface area contributed by atoms with Crippen LogP contribution in [-0.4, -0.2) is 60.7 Å². The first-order chi connectivity index (χ1) is 15.7. The van der Waals surface area contributed by atoms with Crippen molar-refractivity contribution in [1.29, 1.82) is 0 Å². The van der Waals surface area contributed by atoms with Crippen LogP contribution in [0.2, 0.25) is 0 Å². The maximum atomic E-state index is 11.7. The largest absolute Gasteiger partial charge is 0.444 e. The van der Waals surface area contributed by atoms with E-state index >= 15 is 0 Å². The van der Waals surface area contributed by atoms with Crippen LogP contribution in [0.1, 0.15) is 51.8 Å². The topological polar surface area (TPSA) is 129 Å². The van der Waals surface area contributed by atoms with Crippen molar-refractivity contribution in [2.75, 3.05) is 20.1 Å². The van der Waals surface area contributed by atoms with Crippen LogP contribution in [-0.2, 0) is 21.3 Å². The summed E-state index contributed by atoms with van der Waals surface area (Å²) in [6.07, 6.45) is 2.43. The Hall–Kier alpha value is -2.21. The normalized spacial score (nSPS) is 15.0. The Bertz CT molecular complexity index is 1140. The number of ether oxygens (including phenoxy) is 1. The summed E-state index contributed by atoms with van der Waals surface area (Å²) in [4.78, 5) is 28.5. The van der Waals surface area contributed by atoms with Crippen LogP contribution in [0.4, 0.5) is 4.79 Å². The summed E-state index contributed by atoms with van der Waals surface area (Å²) in [5.74, 6) is 0. The van der Waals surface area contributed by atoms with Crippen LogP contribution < -0.4 is 10.9 Å². The van der Waals surface area contributed by atoms with Crippen molar-refractivity contribution in [3.63, 3.8) is 0 Å². The Labute approximate surface area is 205 Å². The van der Waals surface area contributed by atoms with Crippen molar-refractivity contribution in [1.82, 2.24) is 15.2 Å². The van der Waals surface area contributed by atoms with Gasteiger partial charge in [0.2, 0.25) is 0 Å². The molecule has 1 aliphatic rings. The summed E-state index contributed by atoms with van der Waals surface area (Å²) >= 11 is 0.972. The highest BCUT2D eigenvalue weighted by molar-refractivity contribution is 7.88. The van der Waals surface area contributed by atoms with Crippen molar-refractivity contribution in [3.05, 3.63) is 39.8 Å². The van der Waals surface area contributed by atoms with Crippen LogP contribution in [0.15, 0.2) is 27.2 Å². The van der Waals surface area contributed by atoms with Gasteiger partial charge in [-0.15, -0.1) is 11.3 Å². The van der Waals surface area contributed by atoms with Crippen LogP contribution in [0.25, 0.3) is 10.4 Å². The number of hydrogen-bond acceptors (Lipinski definition) is 7. The lowest BCUT2D eigenvalue weighted by atomic mass is 10.1. The minimum atomic E-state index is -4.18. The monoisotopic (exact) mass is 513 g/mol. The van der Waals surface area contributed by atoms with Gasteiger partial charge in [0.05, 0.1) is 0 Å². The van der Waals surface area contributed by atoms with E-state index in [-0.39, 0.29) is 15.9 Å². The zero-order chi connectivity index (χ0) is 25.7. The SMILES string of the molecule is CCc1cc(-c2ccc(S(=O)(=O)O)s2)c(C)[nH]c1=O.CNC1CCN(C(=O)OC(C)(C)C)CC1. The van der Waals surface area contributed by atoms with Crippen molar-refractivity contribution in [2.45, 2.75) is 69.7 Å². The third-order valence-corrected chi connectivity index (χ3v) is 7.79. The summed E-state index contributed by atoms with van der Waals surface area (Å²) in [5.41, 5.74) is 1.57. The predicted molar refractivity (Wildman–Crippen MR) is 134 cm³/mol. The van der Waals surface area contributed by atoms with Crippen molar-refractivity contribution < 1.29 is 22.5 Å². The number of carbonyl (C=O) groups excluding carboxylic acids is 1. The van der Waals surface area contributed by atoms with Crippen molar-refractivity contribution in [2.24, 2.45) is 0 Å². The van der Waals surface area contributed by atoms with Gasteiger partial charge in [-0.2, -0.15) is 8.42 Å². The number of aromatic amines is 1. The number of rotatable bonds is 4. The number of likely N-dealkylation sites (tertiary alicyclic amines) is 1. The summed E-state index contributed by atoms with van der Waals surface area (Å²) in [5, 5.41) is 3.23. The number of aryl methyl sites for hydroxylation is 2. The van der Waals surface area contributed by atoms with Gasteiger partial charge < -0.3 is 19.9 Å². The number of nitrogens with one attached hydrogen (secondary N) is 2. The van der Waals surface area contributed by atoms with Gasteiger partial charge in [-0.3, -0.25) is 9.35 Å². The highest BCUT2D eigenvalue weighted by atomic mass is 32.3. The van der Waals surface area contributed by atoms with E-state index in [4.69, 9.17) is 9.29 Å². The molecule has 3 N–H and O–H groups in total. The van der Waals surface area contributed by atoms with E-state index in [0.29, 0.717) is 28.6 Å². The molecule has 0 atom stereocenters. The van der Waals surface area contributed by atoms with Gasteiger partial charge in [-0.1, -0.05) is 6.92 Å². The van der Waals surface area contributed by atoms with Crippen LogP contribution in [0, 0.1) is 6.92 Å². The molecule has 0 radical (unpaired) electrons. The fraction of sp³-hybridized carbons (Fsp3) is 0.565. The summed E-state index contributed by atoms with van der Waals surface area (Å²) in [7, 11) is -2.21. The molecule has 1 fully saturated rings. The molecule has 9 nitrogen and oxygen atoms in total. The first-order valence-corrected chi connectivity index (χ1v) is 13.5. The Morgan fingerprint density at radius 2 is 1.91 bits per heavy atom. The zero-order valence-electron chi connectivity index (χ0n) is 20.6. The number of nitrogens with zero attached hydrogens (tertiary/aromatic N) is 1. The minimum Gasteiger partial charge on any atom is -0.444 e. The number of pyridine rings is 1. The molecule has 0 spiro atoms. The maximum absolute atomic E-state index is 11.7. The van der Waals surface area contributed by atoms with E-state index < -0.39 is 15.7 Å². The van der Waals surface area contributed by atoms with Crippen LogP contribution >= 0.6 is 11.3 Å². The number of H-pyrrole nitrogens is 1. The quantitative estimate of drug-likeness (QED) is 0.530. The number of carbonyl (C=O) groups is 1. The van der Waals surface area contributed by atoms with E-state index in [1.54, 1.807) is 24.0 Å². The Balaban J connectivity index is 0.000000248. The van der Waals surface area contributed by atoms with Crippen molar-refractivity contribution in [3.8, 4) is 10.4 Å². The lowest BCUT2D eigenvalue weighted by Crippen LogP contribution is -2.45. The fourth-order valence-corrected chi connectivity index (χ4v) is 5.21. The van der Waals surface area contributed by atoms with Gasteiger partial charge in [0.1, 0.15) is 9.81 Å². The molecule has 1 amide bonds. The maximum Gasteiger partial charge on any atom is 0.410 e. The van der Waals surface area contributed by atoms with Gasteiger partial charge in [-0.05, 0) is 72.2 Å². The Kier molecular flexibility index (Phi) is 9.46. The van der Waals surface area contributed by atoms with Crippen molar-refractivity contribution >= 4 is 27.5 Å². The summed E-state index contributed by atoms with van der Waals surface area (Å²) in [6, 6.07) is 5.27. The molecule has 34 heavy (non-hydrogen) atoms. The molecule has 1 saturated heterocycles. The Morgan fingerprint density at radius 3 is 2.38 bits per heavy atom. The number of hydrogen-bond donors (Lipinski definition) is 3. The summed E-state index contributed by atoms with van der Waals surface area (Å²) in [6.45, 7) is 10.9. The van der Waals surface area contributed by atoms with Crippen LogP contribution in [0.5, 0.6) is 0 Å². The number of piperidine rings is 1. The van der Waals surface area contributed by atoms with E-state index in [9.17, 15) is 18.0 Å². The third kappa shape index (κ3) is 7.93. The van der Waals surface area contributed by atoms with Gasteiger partial charge in [0.25, 0.3) is 5.56 Å². The summed E-state index contributed by atoms with van der Waals surface area (Å²) < 4.78 is 36.3. The molecule has 0 aromatic carbocycles. The minimum absolute atomic E-state index is 0.105. The van der Waals surface area contributed by atoms with E-state index in [1.807, 2.05) is 34.7 Å². The molecular formula is C23H35N3O6S2. The van der Waals surface area contributed by atoms with E-state index in [1.165, 1.54) is 6.07 Å². The lowest BCUT2D eigenvalue weighted by molar-refractivity contribution is 0.0200. The molecule has 2 aromatic heterocycles. The highest BCUT2D eigenvalue weighted by Gasteiger charge is 2.26. The fourth-order valence-electron chi connectivity index (χ4n) is 3.47. The molecule has 3 heterocycles. The molecule has 3 rings (SSSR count). The molecule has 190 valence electrons. The zero-order valence-corrected chi connectivity index (χ0v) is 22.2. The molecule has 0 unspecified atom stereocenters. The van der Waals surface area contributed by atoms with Gasteiger partial charge in [0, 0.05) is 40.8 Å². The molecule has 2 aromatic rings. The number of thiophene rings is 1. The number of aromatic nitrogens is 1. The Morgan fingerprint density at radius 1 is 1.29 bits per heavy atom. The lowest BCUT2D eigenvalue weighted by Gasteiger charge is -2.33. The van der Waals surface area contributed by atoms with E-state index in [0.717, 1.165) is 42.8 Å². The first kappa shape index (κ1) is 28.0. The number of amides is 1. The van der Waals surface area contributed by atoms with Gasteiger partial charge in [-0.25, -0.2) is 4.79 Å². The average molecular weight is 514 g/mol. The molecular weight excluding hydrogens is 478 g/mol. The van der Waals surface area contributed by atoms with Gasteiger partial charge in [0.15, 0.2) is 0 Å². The van der Waals surface area contributed by atoms with E-state index in [2.05, 4.69) is 10.3 Å². The van der Waals surface area contributed by atoms with Gasteiger partial charge >= 0.3 is 16.2 Å². The highest BCUT2D eigenvalue weighted by Crippen LogP contribution is 2.32. The predicted octanol–water partition coefficient (Wildman–Crippen LogP) is 3.83. The second-order valence-corrected chi connectivity index (χ2v) is 11.9. The standard InChI is InChI=1S/C12H13NO4S2.C11H22N2O2/c1-3-8-6-9(7(2)13-12(8)14)10-4-5-11(18-10)19(15,16)17;1-11(2,3)15-10(14)13-7-5-9(12-4)6-8-13/h4-6H,3H2,1-2H3,(H,13,14)(H,15,16,17);9,12H,5-8H2,1-4H3. The molecule has 0 aliphatic carbocycles. The molecule has 1 aliphatic heterocycles. The third-order valence-electron chi connectivity index (χ3n) is 5.35. The second kappa shape index (κ2) is 11.5. The van der Waals surface area contributed by atoms with Crippen LogP contribution in [0.3, 0.4) is 0 Å². The molecule has 11 heteroatoms. The average Bonchev–Trinajstić information content (AvgIpc) is 3.24. The smallest absolute Gasteiger partial charge is 0.410 e.